The normalized spacial score (nSPS) is 11.9. The van der Waals surface area contributed by atoms with Crippen LogP contribution < -0.4 is 15.4 Å². The minimum atomic E-state index is -0.504. The molecule has 0 aromatic heterocycles. The van der Waals surface area contributed by atoms with Gasteiger partial charge < -0.3 is 15.4 Å². The zero-order chi connectivity index (χ0) is 20.7. The zero-order valence-electron chi connectivity index (χ0n) is 16.8. The number of aryl methyl sites for hydroxylation is 1. The van der Waals surface area contributed by atoms with Crippen molar-refractivity contribution in [3.8, 4) is 5.75 Å². The van der Waals surface area contributed by atoms with Crippen molar-refractivity contribution < 1.29 is 19.8 Å². The van der Waals surface area contributed by atoms with E-state index in [9.17, 15) is 14.9 Å². The first kappa shape index (κ1) is 21.4. The first-order chi connectivity index (χ1) is 13.3. The number of rotatable bonds is 9. The number of nitrogens with one attached hydrogen (secondary N) is 1. The van der Waals surface area contributed by atoms with Crippen molar-refractivity contribution in [3.63, 3.8) is 0 Å². The van der Waals surface area contributed by atoms with Crippen LogP contribution in [0.15, 0.2) is 42.5 Å². The molecule has 1 amide bonds. The highest BCUT2D eigenvalue weighted by Gasteiger charge is 2.21. The summed E-state index contributed by atoms with van der Waals surface area (Å²) in [6.07, 6.45) is 0.990. The number of nitro groups is 1. The van der Waals surface area contributed by atoms with Gasteiger partial charge in [0.25, 0.3) is 11.6 Å². The lowest BCUT2D eigenvalue weighted by Crippen LogP contribution is -2.88. The number of nitrogens with zero attached hydrogens (tertiary/aromatic N) is 1. The van der Waals surface area contributed by atoms with Crippen molar-refractivity contribution in [2.45, 2.75) is 33.2 Å². The van der Waals surface area contributed by atoms with Gasteiger partial charge in [-0.1, -0.05) is 45.0 Å². The lowest BCUT2D eigenvalue weighted by molar-refractivity contribution is -0.692. The minimum absolute atomic E-state index is 0.101. The number of hydrogen-bond donors (Lipinski definition) is 2. The standard InChI is InChI=1S/C21H27N3O4/c1-5-15-6-8-16(9-7-15)21(14(2)3)22-13-20(25)23-18-12-17(24(26)27)10-11-19(18)28-4/h6-12,14,21-22H,5,13H2,1-4H3,(H,23,25)/p+1/t21-/m1/s1. The summed E-state index contributed by atoms with van der Waals surface area (Å²) < 4.78 is 5.19. The van der Waals surface area contributed by atoms with E-state index in [0.29, 0.717) is 17.4 Å². The Morgan fingerprint density at radius 2 is 1.89 bits per heavy atom. The molecular formula is C21H28N3O4+. The molecule has 0 saturated carbocycles. The van der Waals surface area contributed by atoms with E-state index in [1.54, 1.807) is 0 Å². The molecule has 150 valence electrons. The molecule has 0 aliphatic heterocycles. The number of nitro benzene ring substituents is 1. The number of ether oxygens (including phenoxy) is 1. The second kappa shape index (κ2) is 9.85. The molecule has 0 heterocycles. The topological polar surface area (TPSA) is 98.1 Å². The number of anilines is 1. The summed E-state index contributed by atoms with van der Waals surface area (Å²) in [4.78, 5) is 22.9. The summed E-state index contributed by atoms with van der Waals surface area (Å²) in [7, 11) is 1.46. The maximum atomic E-state index is 12.5. The van der Waals surface area contributed by atoms with E-state index in [2.05, 4.69) is 50.4 Å². The van der Waals surface area contributed by atoms with Crippen molar-refractivity contribution in [1.29, 1.82) is 0 Å². The number of methoxy groups -OCH3 is 1. The molecule has 2 aromatic carbocycles. The Hall–Kier alpha value is -2.93. The Morgan fingerprint density at radius 1 is 1.21 bits per heavy atom. The molecule has 28 heavy (non-hydrogen) atoms. The van der Waals surface area contributed by atoms with Crippen LogP contribution in [0.1, 0.15) is 37.9 Å². The van der Waals surface area contributed by atoms with E-state index in [4.69, 9.17) is 4.74 Å². The maximum Gasteiger partial charge on any atom is 0.279 e. The van der Waals surface area contributed by atoms with Gasteiger partial charge in [0.05, 0.1) is 17.7 Å². The van der Waals surface area contributed by atoms with Crippen LogP contribution in [0.3, 0.4) is 0 Å². The SMILES string of the molecule is CCc1ccc([C@H]([NH2+]CC(=O)Nc2cc([N+](=O)[O-])ccc2OC)C(C)C)cc1. The van der Waals surface area contributed by atoms with Crippen molar-refractivity contribution in [3.05, 3.63) is 63.7 Å². The fraction of sp³-hybridized carbons (Fsp3) is 0.381. The maximum absolute atomic E-state index is 12.5. The van der Waals surface area contributed by atoms with Gasteiger partial charge in [-0.25, -0.2) is 0 Å². The Bertz CT molecular complexity index is 819. The number of non-ortho nitro benzene ring substituents is 1. The van der Waals surface area contributed by atoms with Crippen molar-refractivity contribution in [2.75, 3.05) is 19.0 Å². The van der Waals surface area contributed by atoms with Gasteiger partial charge in [-0.05, 0) is 18.1 Å². The molecule has 0 aliphatic rings. The van der Waals surface area contributed by atoms with Gasteiger partial charge in [0.15, 0.2) is 6.54 Å². The lowest BCUT2D eigenvalue weighted by Gasteiger charge is -2.20. The van der Waals surface area contributed by atoms with Gasteiger partial charge in [0, 0.05) is 23.6 Å². The highest BCUT2D eigenvalue weighted by Crippen LogP contribution is 2.28. The Kier molecular flexibility index (Phi) is 7.52. The number of carbonyl (C=O) groups is 1. The minimum Gasteiger partial charge on any atom is -0.495 e. The van der Waals surface area contributed by atoms with Crippen LogP contribution in [0, 0.1) is 16.0 Å². The molecule has 0 fully saturated rings. The summed E-state index contributed by atoms with van der Waals surface area (Å²) in [6, 6.07) is 12.7. The van der Waals surface area contributed by atoms with Crippen molar-refractivity contribution >= 4 is 17.3 Å². The fourth-order valence-electron chi connectivity index (χ4n) is 3.11. The molecule has 7 heteroatoms. The summed E-state index contributed by atoms with van der Waals surface area (Å²) in [5, 5.41) is 15.7. The number of benzene rings is 2. The highest BCUT2D eigenvalue weighted by molar-refractivity contribution is 5.93. The molecule has 7 nitrogen and oxygen atoms in total. The molecule has 2 rings (SSSR count). The quantitative estimate of drug-likeness (QED) is 0.511. The molecule has 0 radical (unpaired) electrons. The average molecular weight is 386 g/mol. The Morgan fingerprint density at radius 3 is 2.43 bits per heavy atom. The van der Waals surface area contributed by atoms with E-state index in [-0.39, 0.29) is 24.2 Å². The first-order valence-corrected chi connectivity index (χ1v) is 9.40. The number of nitrogens with two attached hydrogens (primary N) is 1. The molecule has 0 saturated heterocycles. The average Bonchev–Trinajstić information content (AvgIpc) is 2.68. The van der Waals surface area contributed by atoms with Crippen LogP contribution in [0.2, 0.25) is 0 Å². The van der Waals surface area contributed by atoms with E-state index in [1.807, 2.05) is 5.32 Å². The largest absolute Gasteiger partial charge is 0.495 e. The first-order valence-electron chi connectivity index (χ1n) is 9.40. The van der Waals surface area contributed by atoms with Crippen LogP contribution in [0.5, 0.6) is 5.75 Å². The van der Waals surface area contributed by atoms with Gasteiger partial charge in [-0.2, -0.15) is 0 Å². The summed E-state index contributed by atoms with van der Waals surface area (Å²) >= 11 is 0. The lowest BCUT2D eigenvalue weighted by atomic mass is 9.95. The predicted octanol–water partition coefficient (Wildman–Crippen LogP) is 3.07. The van der Waals surface area contributed by atoms with E-state index < -0.39 is 4.92 Å². The second-order valence-electron chi connectivity index (χ2n) is 6.99. The summed E-state index contributed by atoms with van der Waals surface area (Å²) in [6.45, 7) is 6.56. The van der Waals surface area contributed by atoms with E-state index in [0.717, 1.165) is 6.42 Å². The molecular weight excluding hydrogens is 358 g/mol. The molecule has 0 unspecified atom stereocenters. The Balaban J connectivity index is 2.07. The van der Waals surface area contributed by atoms with E-state index in [1.165, 1.54) is 36.4 Å². The molecule has 2 aromatic rings. The number of quaternary nitrogens is 1. The molecule has 0 spiro atoms. The number of amides is 1. The van der Waals surface area contributed by atoms with Gasteiger partial charge >= 0.3 is 0 Å². The third kappa shape index (κ3) is 5.53. The number of hydrogen-bond acceptors (Lipinski definition) is 4. The van der Waals surface area contributed by atoms with Gasteiger partial charge in [-0.3, -0.25) is 14.9 Å². The molecule has 0 bridgehead atoms. The van der Waals surface area contributed by atoms with Crippen LogP contribution in [0.25, 0.3) is 0 Å². The highest BCUT2D eigenvalue weighted by atomic mass is 16.6. The fourth-order valence-corrected chi connectivity index (χ4v) is 3.11. The van der Waals surface area contributed by atoms with Gasteiger partial charge in [0.1, 0.15) is 11.8 Å². The summed E-state index contributed by atoms with van der Waals surface area (Å²) in [5.41, 5.74) is 2.65. The monoisotopic (exact) mass is 386 g/mol. The zero-order valence-corrected chi connectivity index (χ0v) is 16.8. The van der Waals surface area contributed by atoms with Crippen molar-refractivity contribution in [2.24, 2.45) is 5.92 Å². The smallest absolute Gasteiger partial charge is 0.279 e. The molecule has 1 atom stereocenters. The Labute approximate surface area is 165 Å². The summed E-state index contributed by atoms with van der Waals surface area (Å²) in [5.74, 6) is 0.483. The second-order valence-corrected chi connectivity index (χ2v) is 6.99. The molecule has 3 N–H and O–H groups in total. The molecule has 0 aliphatic carbocycles. The number of carbonyl (C=O) groups excluding carboxylic acids is 1. The third-order valence-corrected chi connectivity index (χ3v) is 4.72. The van der Waals surface area contributed by atoms with Crippen molar-refractivity contribution in [1.82, 2.24) is 0 Å². The predicted molar refractivity (Wildman–Crippen MR) is 108 cm³/mol. The van der Waals surface area contributed by atoms with Gasteiger partial charge in [-0.15, -0.1) is 0 Å². The van der Waals surface area contributed by atoms with Crippen LogP contribution in [-0.4, -0.2) is 24.5 Å². The third-order valence-electron chi connectivity index (χ3n) is 4.72. The van der Waals surface area contributed by atoms with Crippen LogP contribution >= 0.6 is 0 Å². The van der Waals surface area contributed by atoms with Crippen LogP contribution in [-0.2, 0) is 11.2 Å². The van der Waals surface area contributed by atoms with Gasteiger partial charge in [0.2, 0.25) is 0 Å². The van der Waals surface area contributed by atoms with E-state index >= 15 is 0 Å². The van der Waals surface area contributed by atoms with Crippen LogP contribution in [0.4, 0.5) is 11.4 Å².